The predicted molar refractivity (Wildman–Crippen MR) is 185 cm³/mol. The molecule has 0 heterocycles. The van der Waals surface area contributed by atoms with Gasteiger partial charge in [-0.05, 0) is 108 Å². The third-order valence-electron chi connectivity index (χ3n) is 8.61. The maximum absolute atomic E-state index is 12.4. The average molecular weight is 568 g/mol. The first-order valence-electron chi connectivity index (χ1n) is 15.8. The average Bonchev–Trinajstić information content (AvgIpc) is 2.87. The van der Waals surface area contributed by atoms with E-state index in [1.165, 1.54) is 72.0 Å². The zero-order chi connectivity index (χ0) is 31.3. The molecule has 2 aliphatic carbocycles. The fourth-order valence-electron chi connectivity index (χ4n) is 5.95. The summed E-state index contributed by atoms with van der Waals surface area (Å²) in [5, 5.41) is 2.96. The Balaban J connectivity index is 1.83. The maximum Gasteiger partial charge on any atom is 0.244 e. The molecule has 2 nitrogen and oxygen atoms in total. The van der Waals surface area contributed by atoms with Crippen molar-refractivity contribution in [3.63, 3.8) is 0 Å². The van der Waals surface area contributed by atoms with Gasteiger partial charge in [0, 0.05) is 12.6 Å². The topological polar surface area (TPSA) is 29.1 Å². The van der Waals surface area contributed by atoms with Gasteiger partial charge in [-0.3, -0.25) is 4.79 Å². The van der Waals surface area contributed by atoms with Crippen molar-refractivity contribution in [1.82, 2.24) is 5.32 Å². The Morgan fingerprint density at radius 2 is 1.14 bits per heavy atom. The van der Waals surface area contributed by atoms with Crippen LogP contribution in [0.4, 0.5) is 0 Å². The number of hydrogen-bond acceptors (Lipinski definition) is 1. The summed E-state index contributed by atoms with van der Waals surface area (Å²) in [7, 11) is 0. The molecule has 0 spiro atoms. The van der Waals surface area contributed by atoms with Gasteiger partial charge in [-0.1, -0.05) is 122 Å². The lowest BCUT2D eigenvalue weighted by Crippen LogP contribution is -2.21. The highest BCUT2D eigenvalue weighted by molar-refractivity contribution is 5.88. The molecule has 2 rings (SSSR count). The summed E-state index contributed by atoms with van der Waals surface area (Å²) in [6.45, 7) is 22.7. The number of rotatable bonds is 11. The zero-order valence-corrected chi connectivity index (χ0v) is 28.3. The highest BCUT2D eigenvalue weighted by atomic mass is 16.1. The van der Waals surface area contributed by atoms with Crippen molar-refractivity contribution in [2.45, 2.75) is 108 Å². The lowest BCUT2D eigenvalue weighted by Gasteiger charge is -2.33. The molecule has 0 aromatic rings. The molecule has 0 aromatic carbocycles. The van der Waals surface area contributed by atoms with Crippen LogP contribution < -0.4 is 5.32 Å². The second kappa shape index (κ2) is 16.5. The third-order valence-corrected chi connectivity index (χ3v) is 8.61. The second-order valence-electron chi connectivity index (χ2n) is 13.7. The van der Waals surface area contributed by atoms with Gasteiger partial charge in [0.1, 0.15) is 0 Å². The Morgan fingerprint density at radius 1 is 0.690 bits per heavy atom. The maximum atomic E-state index is 12.4. The number of amides is 1. The first kappa shape index (κ1) is 35.1. The van der Waals surface area contributed by atoms with E-state index in [0.717, 1.165) is 11.1 Å². The second-order valence-corrected chi connectivity index (χ2v) is 13.7. The number of hydrogen-bond donors (Lipinski definition) is 1. The molecular formula is C40H57NO. The van der Waals surface area contributed by atoms with Crippen LogP contribution in [0.15, 0.2) is 117 Å². The minimum Gasteiger partial charge on any atom is -0.349 e. The lowest BCUT2D eigenvalue weighted by molar-refractivity contribution is -0.116. The predicted octanol–water partition coefficient (Wildman–Crippen LogP) is 11.2. The first-order valence-corrected chi connectivity index (χ1v) is 15.8. The van der Waals surface area contributed by atoms with Crippen LogP contribution in [0.3, 0.4) is 0 Å². The van der Waals surface area contributed by atoms with Crippen molar-refractivity contribution in [3.8, 4) is 0 Å². The smallest absolute Gasteiger partial charge is 0.244 e. The van der Waals surface area contributed by atoms with Crippen LogP contribution in [0.25, 0.3) is 0 Å². The normalized spacial score (nSPS) is 21.1. The van der Waals surface area contributed by atoms with Crippen LogP contribution >= 0.6 is 0 Å². The number of carbonyl (C=O) groups excluding carboxylic acids is 1. The largest absolute Gasteiger partial charge is 0.349 e. The first-order chi connectivity index (χ1) is 19.7. The van der Waals surface area contributed by atoms with E-state index < -0.39 is 0 Å². The van der Waals surface area contributed by atoms with Gasteiger partial charge in [-0.15, -0.1) is 0 Å². The molecule has 0 saturated carbocycles. The summed E-state index contributed by atoms with van der Waals surface area (Å²) in [6, 6.07) is 0. The highest BCUT2D eigenvalue weighted by Crippen LogP contribution is 2.41. The fourth-order valence-corrected chi connectivity index (χ4v) is 5.95. The molecule has 0 aliphatic heterocycles. The van der Waals surface area contributed by atoms with E-state index in [-0.39, 0.29) is 16.7 Å². The van der Waals surface area contributed by atoms with Gasteiger partial charge in [0.15, 0.2) is 0 Å². The summed E-state index contributed by atoms with van der Waals surface area (Å²) < 4.78 is 0. The quantitative estimate of drug-likeness (QED) is 0.195. The van der Waals surface area contributed by atoms with Crippen molar-refractivity contribution in [2.75, 3.05) is 6.54 Å². The van der Waals surface area contributed by atoms with Gasteiger partial charge in [-0.25, -0.2) is 0 Å². The van der Waals surface area contributed by atoms with Crippen LogP contribution in [-0.2, 0) is 4.79 Å². The van der Waals surface area contributed by atoms with Crippen LogP contribution in [0.1, 0.15) is 108 Å². The number of allylic oxidation sites excluding steroid dienone is 18. The Bertz CT molecular complexity index is 1270. The SMILES string of the molecule is CC(C=CC1=C(C)CCCC1(C)C)=CC=CC(C)=CCNC(=O)C=C(C)C=CC=C(C)C=CC1=C(C)CCCC1(C)C. The molecule has 0 fully saturated rings. The molecule has 1 amide bonds. The Morgan fingerprint density at radius 3 is 1.60 bits per heavy atom. The molecular weight excluding hydrogens is 510 g/mol. The summed E-state index contributed by atoms with van der Waals surface area (Å²) in [4.78, 5) is 12.4. The Hall–Kier alpha value is -3.13. The molecule has 0 bridgehead atoms. The summed E-state index contributed by atoms with van der Waals surface area (Å²) in [6.07, 6.45) is 32.6. The molecule has 1 N–H and O–H groups in total. The van der Waals surface area contributed by atoms with Crippen LogP contribution in [0, 0.1) is 10.8 Å². The van der Waals surface area contributed by atoms with Crippen molar-refractivity contribution < 1.29 is 4.79 Å². The zero-order valence-electron chi connectivity index (χ0n) is 28.3. The van der Waals surface area contributed by atoms with Gasteiger partial charge in [0.25, 0.3) is 0 Å². The Kier molecular flexibility index (Phi) is 13.8. The van der Waals surface area contributed by atoms with E-state index in [1.54, 1.807) is 6.08 Å². The number of carbonyl (C=O) groups is 1. The molecule has 2 aliphatic rings. The Labute approximate surface area is 258 Å². The van der Waals surface area contributed by atoms with E-state index in [1.807, 2.05) is 25.2 Å². The van der Waals surface area contributed by atoms with Crippen LogP contribution in [-0.4, -0.2) is 12.5 Å². The van der Waals surface area contributed by atoms with Crippen molar-refractivity contribution >= 4 is 5.91 Å². The van der Waals surface area contributed by atoms with Crippen molar-refractivity contribution in [2.24, 2.45) is 10.8 Å². The lowest BCUT2D eigenvalue weighted by atomic mass is 9.72. The van der Waals surface area contributed by atoms with Crippen molar-refractivity contribution in [1.29, 1.82) is 0 Å². The molecule has 0 atom stereocenters. The molecule has 42 heavy (non-hydrogen) atoms. The van der Waals surface area contributed by atoms with Gasteiger partial charge < -0.3 is 5.32 Å². The highest BCUT2D eigenvalue weighted by Gasteiger charge is 2.27. The molecule has 228 valence electrons. The molecule has 0 saturated heterocycles. The van der Waals surface area contributed by atoms with Gasteiger partial charge in [0.2, 0.25) is 5.91 Å². The van der Waals surface area contributed by atoms with Gasteiger partial charge >= 0.3 is 0 Å². The van der Waals surface area contributed by atoms with E-state index in [9.17, 15) is 4.79 Å². The third kappa shape index (κ3) is 12.0. The summed E-state index contributed by atoms with van der Waals surface area (Å²) >= 11 is 0. The van der Waals surface area contributed by atoms with E-state index in [0.29, 0.717) is 6.54 Å². The standard InChI is InChI=1S/C40H57NO/c1-30(21-23-36-34(5)19-13-26-39(36,7)8)15-11-17-32(3)25-28-41-38(42)29-33(4)18-12-16-31(2)22-24-37-35(6)20-14-27-40(37,9)10/h11-12,15-18,21-25,29H,13-14,19-20,26-28H2,1-10H3,(H,41,42). The van der Waals surface area contributed by atoms with Gasteiger partial charge in [-0.2, -0.15) is 0 Å². The van der Waals surface area contributed by atoms with E-state index in [2.05, 4.69) is 116 Å². The summed E-state index contributed by atoms with van der Waals surface area (Å²) in [5.41, 5.74) is 11.0. The molecule has 0 radical (unpaired) electrons. The van der Waals surface area contributed by atoms with E-state index >= 15 is 0 Å². The molecule has 0 aromatic heterocycles. The summed E-state index contributed by atoms with van der Waals surface area (Å²) in [5.74, 6) is -0.0798. The fraction of sp³-hybridized carbons (Fsp3) is 0.475. The molecule has 2 heteroatoms. The van der Waals surface area contributed by atoms with Gasteiger partial charge in [0.05, 0.1) is 0 Å². The van der Waals surface area contributed by atoms with Crippen molar-refractivity contribution in [3.05, 3.63) is 117 Å². The monoisotopic (exact) mass is 567 g/mol. The van der Waals surface area contributed by atoms with E-state index in [4.69, 9.17) is 0 Å². The minimum atomic E-state index is -0.0798. The van der Waals surface area contributed by atoms with Crippen LogP contribution in [0.5, 0.6) is 0 Å². The minimum absolute atomic E-state index is 0.0798. The van der Waals surface area contributed by atoms with Crippen LogP contribution in [0.2, 0.25) is 0 Å². The molecule has 0 unspecified atom stereocenters. The number of nitrogens with one attached hydrogen (secondary N) is 1.